The van der Waals surface area contributed by atoms with Gasteiger partial charge in [0.2, 0.25) is 0 Å². The fourth-order valence-corrected chi connectivity index (χ4v) is 3.08. The van der Waals surface area contributed by atoms with Crippen molar-refractivity contribution in [1.29, 1.82) is 0 Å². The molecule has 0 fully saturated rings. The maximum Gasteiger partial charge on any atom is 0.262 e. The summed E-state index contributed by atoms with van der Waals surface area (Å²) in [6, 6.07) is 8.65. The van der Waals surface area contributed by atoms with Crippen LogP contribution < -0.4 is 14.8 Å². The normalized spacial score (nSPS) is 10.3. The monoisotopic (exact) mass is 425 g/mol. The van der Waals surface area contributed by atoms with Crippen molar-refractivity contribution in [2.75, 3.05) is 19.0 Å². The number of methoxy groups -OCH3 is 1. The van der Waals surface area contributed by atoms with E-state index in [2.05, 4.69) is 21.2 Å². The van der Waals surface area contributed by atoms with Gasteiger partial charge in [0.25, 0.3) is 5.91 Å². The second kappa shape index (κ2) is 8.36. The first-order valence-electron chi connectivity index (χ1n) is 7.39. The number of ether oxygens (including phenoxy) is 2. The Morgan fingerprint density at radius 1 is 1.24 bits per heavy atom. The maximum absolute atomic E-state index is 12.2. The van der Waals surface area contributed by atoms with Gasteiger partial charge in [-0.05, 0) is 43.7 Å². The van der Waals surface area contributed by atoms with E-state index < -0.39 is 5.91 Å². The minimum absolute atomic E-state index is 0.184. The van der Waals surface area contributed by atoms with Gasteiger partial charge in [0.1, 0.15) is 11.5 Å². The summed E-state index contributed by atoms with van der Waals surface area (Å²) in [6.07, 6.45) is 0. The molecule has 0 bridgehead atoms. The van der Waals surface area contributed by atoms with Crippen molar-refractivity contribution in [3.05, 3.63) is 51.0 Å². The van der Waals surface area contributed by atoms with Gasteiger partial charge in [-0.2, -0.15) is 0 Å². The third kappa shape index (κ3) is 4.96. The average Bonchev–Trinajstić information content (AvgIpc) is 2.53. The number of hydrogen-bond donors (Lipinski definition) is 1. The third-order valence-electron chi connectivity index (χ3n) is 3.36. The first-order chi connectivity index (χ1) is 11.8. The van der Waals surface area contributed by atoms with E-state index in [1.807, 2.05) is 13.0 Å². The van der Waals surface area contributed by atoms with E-state index in [0.29, 0.717) is 21.5 Å². The number of aryl methyl sites for hydroxylation is 1. The van der Waals surface area contributed by atoms with E-state index in [0.717, 1.165) is 5.56 Å². The standard InChI is InChI=1S/C18H17BrClNO4/c1-10-4-5-16(24-3)15(6-10)21-17(23)9-25-18-13(11(2)22)7-12(19)8-14(18)20/h4-8H,9H2,1-3H3,(H,21,23). The van der Waals surface area contributed by atoms with Crippen LogP contribution in [0.1, 0.15) is 22.8 Å². The van der Waals surface area contributed by atoms with Gasteiger partial charge >= 0.3 is 0 Å². The molecule has 25 heavy (non-hydrogen) atoms. The first-order valence-corrected chi connectivity index (χ1v) is 8.56. The summed E-state index contributed by atoms with van der Waals surface area (Å²) in [5.74, 6) is 0.130. The average molecular weight is 427 g/mol. The summed E-state index contributed by atoms with van der Waals surface area (Å²) >= 11 is 9.41. The molecular weight excluding hydrogens is 410 g/mol. The van der Waals surface area contributed by atoms with Crippen molar-refractivity contribution in [2.24, 2.45) is 0 Å². The fraction of sp³-hybridized carbons (Fsp3) is 0.222. The van der Waals surface area contributed by atoms with Gasteiger partial charge in [0, 0.05) is 4.47 Å². The highest BCUT2D eigenvalue weighted by molar-refractivity contribution is 9.10. The zero-order valence-electron chi connectivity index (χ0n) is 14.0. The highest BCUT2D eigenvalue weighted by Crippen LogP contribution is 2.33. The molecule has 1 N–H and O–H groups in total. The molecule has 0 aromatic heterocycles. The molecule has 0 spiro atoms. The van der Waals surface area contributed by atoms with E-state index in [9.17, 15) is 9.59 Å². The molecule has 2 rings (SSSR count). The molecule has 1 amide bonds. The van der Waals surface area contributed by atoms with E-state index in [-0.39, 0.29) is 23.2 Å². The lowest BCUT2D eigenvalue weighted by Gasteiger charge is -2.14. The number of anilines is 1. The molecule has 0 aliphatic heterocycles. The van der Waals surface area contributed by atoms with Gasteiger partial charge in [0.15, 0.2) is 12.4 Å². The van der Waals surface area contributed by atoms with Crippen LogP contribution in [0, 0.1) is 6.92 Å². The van der Waals surface area contributed by atoms with Crippen molar-refractivity contribution >= 4 is 44.9 Å². The number of rotatable bonds is 6. The highest BCUT2D eigenvalue weighted by Gasteiger charge is 2.16. The molecule has 0 atom stereocenters. The zero-order chi connectivity index (χ0) is 18.6. The van der Waals surface area contributed by atoms with E-state index in [1.165, 1.54) is 14.0 Å². The molecule has 0 aliphatic rings. The van der Waals surface area contributed by atoms with E-state index in [4.69, 9.17) is 21.1 Å². The largest absolute Gasteiger partial charge is 0.495 e. The first kappa shape index (κ1) is 19.3. The molecule has 0 saturated carbocycles. The predicted molar refractivity (Wildman–Crippen MR) is 101 cm³/mol. The summed E-state index contributed by atoms with van der Waals surface area (Å²) in [4.78, 5) is 23.9. The molecular formula is C18H17BrClNO4. The van der Waals surface area contributed by atoms with Gasteiger partial charge in [-0.25, -0.2) is 0 Å². The molecule has 2 aromatic carbocycles. The molecule has 132 valence electrons. The lowest BCUT2D eigenvalue weighted by molar-refractivity contribution is -0.118. The Morgan fingerprint density at radius 2 is 1.96 bits per heavy atom. The summed E-state index contributed by atoms with van der Waals surface area (Å²) in [7, 11) is 1.53. The minimum atomic E-state index is -0.391. The van der Waals surface area contributed by atoms with Gasteiger partial charge in [-0.1, -0.05) is 33.6 Å². The number of Topliss-reactive ketones (excluding diaryl/α,β-unsaturated/α-hetero) is 1. The van der Waals surface area contributed by atoms with Crippen LogP contribution in [0.15, 0.2) is 34.8 Å². The molecule has 2 aromatic rings. The van der Waals surface area contributed by atoms with Crippen molar-refractivity contribution in [3.8, 4) is 11.5 Å². The number of carbonyl (C=O) groups is 2. The van der Waals surface area contributed by atoms with Crippen LogP contribution in [-0.2, 0) is 4.79 Å². The molecule has 0 aliphatic carbocycles. The fourth-order valence-electron chi connectivity index (χ4n) is 2.21. The van der Waals surface area contributed by atoms with Crippen LogP contribution in [-0.4, -0.2) is 25.4 Å². The quantitative estimate of drug-likeness (QED) is 0.684. The number of ketones is 1. The Bertz CT molecular complexity index is 823. The van der Waals surface area contributed by atoms with Crippen LogP contribution >= 0.6 is 27.5 Å². The zero-order valence-corrected chi connectivity index (χ0v) is 16.3. The lowest BCUT2D eigenvalue weighted by Crippen LogP contribution is -2.21. The summed E-state index contributed by atoms with van der Waals surface area (Å²) < 4.78 is 11.4. The number of carbonyl (C=O) groups excluding carboxylic acids is 2. The smallest absolute Gasteiger partial charge is 0.262 e. The predicted octanol–water partition coefficient (Wildman–Crippen LogP) is 4.64. The minimum Gasteiger partial charge on any atom is -0.495 e. The molecule has 7 heteroatoms. The van der Waals surface area contributed by atoms with Gasteiger partial charge in [0.05, 0.1) is 23.4 Å². The topological polar surface area (TPSA) is 64.6 Å². The van der Waals surface area contributed by atoms with Crippen LogP contribution in [0.25, 0.3) is 0 Å². The van der Waals surface area contributed by atoms with Crippen molar-refractivity contribution in [1.82, 2.24) is 0 Å². The summed E-state index contributed by atoms with van der Waals surface area (Å²) in [5.41, 5.74) is 1.83. The van der Waals surface area contributed by atoms with Crippen molar-refractivity contribution < 1.29 is 19.1 Å². The van der Waals surface area contributed by atoms with E-state index in [1.54, 1.807) is 24.3 Å². The van der Waals surface area contributed by atoms with Crippen molar-refractivity contribution in [2.45, 2.75) is 13.8 Å². The van der Waals surface area contributed by atoms with Gasteiger partial charge in [-0.15, -0.1) is 0 Å². The van der Waals surface area contributed by atoms with Crippen LogP contribution in [0.5, 0.6) is 11.5 Å². The van der Waals surface area contributed by atoms with Gasteiger partial charge < -0.3 is 14.8 Å². The number of nitrogens with one attached hydrogen (secondary N) is 1. The second-order valence-electron chi connectivity index (χ2n) is 5.36. The Labute approximate surface area is 159 Å². The maximum atomic E-state index is 12.2. The van der Waals surface area contributed by atoms with Crippen LogP contribution in [0.4, 0.5) is 5.69 Å². The van der Waals surface area contributed by atoms with Gasteiger partial charge in [-0.3, -0.25) is 9.59 Å². The number of hydrogen-bond acceptors (Lipinski definition) is 4. The molecule has 5 nitrogen and oxygen atoms in total. The van der Waals surface area contributed by atoms with Crippen molar-refractivity contribution in [3.63, 3.8) is 0 Å². The number of halogens is 2. The lowest BCUT2D eigenvalue weighted by atomic mass is 10.1. The Morgan fingerprint density at radius 3 is 2.60 bits per heavy atom. The Hall–Kier alpha value is -2.05. The molecule has 0 unspecified atom stereocenters. The SMILES string of the molecule is COc1ccc(C)cc1NC(=O)COc1c(Cl)cc(Br)cc1C(C)=O. The second-order valence-corrected chi connectivity index (χ2v) is 6.68. The molecule has 0 saturated heterocycles. The molecule has 0 radical (unpaired) electrons. The third-order valence-corrected chi connectivity index (χ3v) is 4.10. The highest BCUT2D eigenvalue weighted by atomic mass is 79.9. The Balaban J connectivity index is 2.13. The number of amides is 1. The number of benzene rings is 2. The summed E-state index contributed by atoms with van der Waals surface area (Å²) in [6.45, 7) is 3.02. The van der Waals surface area contributed by atoms with Crippen LogP contribution in [0.3, 0.4) is 0 Å². The van der Waals surface area contributed by atoms with E-state index >= 15 is 0 Å². The Kier molecular flexibility index (Phi) is 6.45. The van der Waals surface area contributed by atoms with Crippen LogP contribution in [0.2, 0.25) is 5.02 Å². The summed E-state index contributed by atoms with van der Waals surface area (Å²) in [5, 5.41) is 2.98. The molecule has 0 heterocycles.